The zero-order valence-corrected chi connectivity index (χ0v) is 15.1. The molecule has 1 aromatic carbocycles. The second-order valence-electron chi connectivity index (χ2n) is 6.18. The van der Waals surface area contributed by atoms with Crippen LogP contribution in [0.5, 0.6) is 0 Å². The van der Waals surface area contributed by atoms with Gasteiger partial charge in [-0.05, 0) is 18.6 Å². The molecule has 1 saturated heterocycles. The van der Waals surface area contributed by atoms with E-state index in [1.165, 1.54) is 24.3 Å². The third kappa shape index (κ3) is 4.84. The average Bonchev–Trinajstić information content (AvgIpc) is 2.68. The molecule has 0 spiro atoms. The predicted molar refractivity (Wildman–Crippen MR) is 91.4 cm³/mol. The van der Waals surface area contributed by atoms with Crippen molar-refractivity contribution in [2.45, 2.75) is 50.5 Å². The van der Waals surface area contributed by atoms with Crippen LogP contribution in [0.25, 0.3) is 0 Å². The minimum absolute atomic E-state index is 0.0794. The number of rotatable bonds is 7. The van der Waals surface area contributed by atoms with Crippen molar-refractivity contribution in [3.63, 3.8) is 0 Å². The van der Waals surface area contributed by atoms with Gasteiger partial charge in [0.2, 0.25) is 6.29 Å². The highest BCUT2D eigenvalue weighted by atomic mass is 16.7. The Kier molecular flexibility index (Phi) is 7.46. The van der Waals surface area contributed by atoms with E-state index < -0.39 is 48.6 Å². The highest BCUT2D eigenvalue weighted by molar-refractivity contribution is 6.03. The smallest absolute Gasteiger partial charge is 0.341 e. The van der Waals surface area contributed by atoms with Gasteiger partial charge in [-0.3, -0.25) is 0 Å². The van der Waals surface area contributed by atoms with E-state index in [9.17, 15) is 29.7 Å². The number of aliphatic hydroxyl groups is 3. The van der Waals surface area contributed by atoms with Crippen LogP contribution in [0.4, 0.5) is 0 Å². The van der Waals surface area contributed by atoms with E-state index in [0.717, 1.165) is 6.42 Å². The Morgan fingerprint density at radius 3 is 2.18 bits per heavy atom. The van der Waals surface area contributed by atoms with Crippen molar-refractivity contribution in [2.24, 2.45) is 0 Å². The SMILES string of the molecule is CCCCOC(=O)c1ccccc1C(=O)O[C@@H]1O[C@H](C(=O)O)[C@@H](O)[C@H](O)[C@H]1O. The number of unbranched alkanes of at least 4 members (excludes halogenated alkanes) is 1. The number of aliphatic carboxylic acids is 1. The van der Waals surface area contributed by atoms with Gasteiger partial charge in [-0.2, -0.15) is 0 Å². The number of ether oxygens (including phenoxy) is 3. The molecule has 5 atom stereocenters. The second-order valence-corrected chi connectivity index (χ2v) is 6.18. The lowest BCUT2D eigenvalue weighted by Crippen LogP contribution is -2.60. The molecule has 4 N–H and O–H groups in total. The van der Waals surface area contributed by atoms with Gasteiger partial charge in [-0.15, -0.1) is 0 Å². The van der Waals surface area contributed by atoms with Gasteiger partial charge < -0.3 is 34.6 Å². The Hall–Kier alpha value is -2.53. The van der Waals surface area contributed by atoms with Gasteiger partial charge in [0.05, 0.1) is 17.7 Å². The summed E-state index contributed by atoms with van der Waals surface area (Å²) < 4.78 is 14.9. The highest BCUT2D eigenvalue weighted by Crippen LogP contribution is 2.24. The fourth-order valence-electron chi connectivity index (χ4n) is 2.54. The quantitative estimate of drug-likeness (QED) is 0.354. The lowest BCUT2D eigenvalue weighted by Gasteiger charge is -2.37. The largest absolute Gasteiger partial charge is 0.479 e. The molecule has 2 rings (SSSR count). The van der Waals surface area contributed by atoms with E-state index in [1.54, 1.807) is 0 Å². The van der Waals surface area contributed by atoms with Crippen LogP contribution in [-0.4, -0.2) is 75.6 Å². The maximum atomic E-state index is 12.5. The summed E-state index contributed by atoms with van der Waals surface area (Å²) >= 11 is 0. The van der Waals surface area contributed by atoms with Crippen LogP contribution >= 0.6 is 0 Å². The lowest BCUT2D eigenvalue weighted by atomic mass is 9.99. The summed E-state index contributed by atoms with van der Waals surface area (Å²) in [4.78, 5) is 35.7. The van der Waals surface area contributed by atoms with Crippen LogP contribution in [-0.2, 0) is 19.0 Å². The molecular formula is C18H22O10. The van der Waals surface area contributed by atoms with Crippen molar-refractivity contribution >= 4 is 17.9 Å². The van der Waals surface area contributed by atoms with Gasteiger partial charge in [0.25, 0.3) is 0 Å². The molecule has 1 aliphatic heterocycles. The summed E-state index contributed by atoms with van der Waals surface area (Å²) in [6, 6.07) is 5.62. The fraction of sp³-hybridized carbons (Fsp3) is 0.500. The highest BCUT2D eigenvalue weighted by Gasteiger charge is 2.48. The Morgan fingerprint density at radius 1 is 1.00 bits per heavy atom. The van der Waals surface area contributed by atoms with Crippen molar-refractivity contribution in [1.29, 1.82) is 0 Å². The molecule has 0 unspecified atom stereocenters. The Morgan fingerprint density at radius 2 is 1.61 bits per heavy atom. The third-order valence-electron chi connectivity index (χ3n) is 4.13. The number of aliphatic hydroxyl groups excluding tert-OH is 3. The minimum atomic E-state index is -1.91. The number of carboxylic acid groups (broad SMARTS) is 1. The Balaban J connectivity index is 2.16. The van der Waals surface area contributed by atoms with Gasteiger partial charge in [-0.25, -0.2) is 14.4 Å². The normalized spacial score (nSPS) is 27.1. The summed E-state index contributed by atoms with van der Waals surface area (Å²) in [5.74, 6) is -3.45. The third-order valence-corrected chi connectivity index (χ3v) is 4.13. The standard InChI is InChI=1S/C18H22O10/c1-2-3-8-26-16(24)9-6-4-5-7-10(9)17(25)28-18-13(21)11(19)12(20)14(27-18)15(22)23/h4-7,11-14,18-21H,2-3,8H2,1H3,(H,22,23)/t11-,12-,13+,14-,18-/m0/s1. The number of carbonyl (C=O) groups excluding carboxylic acids is 2. The van der Waals surface area contributed by atoms with Crippen LogP contribution in [0.3, 0.4) is 0 Å². The topological polar surface area (TPSA) is 160 Å². The van der Waals surface area contributed by atoms with E-state index >= 15 is 0 Å². The van der Waals surface area contributed by atoms with E-state index in [2.05, 4.69) is 0 Å². The van der Waals surface area contributed by atoms with Crippen LogP contribution in [0.2, 0.25) is 0 Å². The summed E-state index contributed by atoms with van der Waals surface area (Å²) in [6.45, 7) is 2.10. The molecule has 0 aromatic heterocycles. The molecule has 0 radical (unpaired) electrons. The van der Waals surface area contributed by atoms with Crippen LogP contribution in [0.15, 0.2) is 24.3 Å². The molecule has 0 aliphatic carbocycles. The Labute approximate surface area is 160 Å². The Bertz CT molecular complexity index is 718. The molecule has 28 heavy (non-hydrogen) atoms. The number of benzene rings is 1. The average molecular weight is 398 g/mol. The molecule has 1 aromatic rings. The number of hydrogen-bond acceptors (Lipinski definition) is 9. The van der Waals surface area contributed by atoms with Gasteiger partial charge >= 0.3 is 17.9 Å². The van der Waals surface area contributed by atoms with Crippen molar-refractivity contribution in [3.05, 3.63) is 35.4 Å². The van der Waals surface area contributed by atoms with Crippen molar-refractivity contribution < 1.29 is 49.0 Å². The van der Waals surface area contributed by atoms with Gasteiger partial charge in [0.1, 0.15) is 18.3 Å². The van der Waals surface area contributed by atoms with Crippen LogP contribution in [0.1, 0.15) is 40.5 Å². The first-order chi connectivity index (χ1) is 13.3. The van der Waals surface area contributed by atoms with E-state index in [-0.39, 0.29) is 17.7 Å². The van der Waals surface area contributed by atoms with Crippen molar-refractivity contribution in [2.75, 3.05) is 6.61 Å². The fourth-order valence-corrected chi connectivity index (χ4v) is 2.54. The predicted octanol–water partition coefficient (Wildman–Crippen LogP) is -0.308. The van der Waals surface area contributed by atoms with Crippen molar-refractivity contribution in [1.82, 2.24) is 0 Å². The maximum absolute atomic E-state index is 12.5. The summed E-state index contributed by atoms with van der Waals surface area (Å²) in [5.41, 5.74) is -0.267. The molecule has 1 aliphatic rings. The van der Waals surface area contributed by atoms with Crippen LogP contribution < -0.4 is 0 Å². The van der Waals surface area contributed by atoms with Crippen molar-refractivity contribution in [3.8, 4) is 0 Å². The molecule has 0 saturated carbocycles. The number of carbonyl (C=O) groups is 3. The molecule has 1 heterocycles. The minimum Gasteiger partial charge on any atom is -0.479 e. The number of esters is 2. The number of carboxylic acids is 1. The molecule has 10 heteroatoms. The molecule has 0 bridgehead atoms. The van der Waals surface area contributed by atoms with Gasteiger partial charge in [0.15, 0.2) is 6.10 Å². The van der Waals surface area contributed by atoms with Gasteiger partial charge in [-0.1, -0.05) is 25.5 Å². The molecule has 1 fully saturated rings. The first-order valence-electron chi connectivity index (χ1n) is 8.67. The summed E-state index contributed by atoms with van der Waals surface area (Å²) in [6.07, 6.45) is -8.03. The lowest BCUT2D eigenvalue weighted by molar-refractivity contribution is -0.278. The summed E-state index contributed by atoms with van der Waals surface area (Å²) in [7, 11) is 0. The molecular weight excluding hydrogens is 376 g/mol. The summed E-state index contributed by atoms with van der Waals surface area (Å²) in [5, 5.41) is 38.4. The van der Waals surface area contributed by atoms with E-state index in [0.29, 0.717) is 6.42 Å². The molecule has 10 nitrogen and oxygen atoms in total. The van der Waals surface area contributed by atoms with E-state index in [1.807, 2.05) is 6.92 Å². The number of hydrogen-bond donors (Lipinski definition) is 4. The van der Waals surface area contributed by atoms with Gasteiger partial charge in [0, 0.05) is 0 Å². The second kappa shape index (κ2) is 9.60. The molecule has 0 amide bonds. The first kappa shape index (κ1) is 21.8. The monoisotopic (exact) mass is 398 g/mol. The van der Waals surface area contributed by atoms with Crippen LogP contribution in [0, 0.1) is 0 Å². The zero-order valence-electron chi connectivity index (χ0n) is 15.1. The molecule has 154 valence electrons. The van der Waals surface area contributed by atoms with E-state index in [4.69, 9.17) is 19.3 Å². The maximum Gasteiger partial charge on any atom is 0.341 e. The zero-order chi connectivity index (χ0) is 20.8. The first-order valence-corrected chi connectivity index (χ1v) is 8.67.